The normalized spacial score (nSPS) is 13.1. The molecule has 0 unspecified atom stereocenters. The Kier molecular flexibility index (Phi) is 5.99. The van der Waals surface area contributed by atoms with Crippen molar-refractivity contribution >= 4 is 12.4 Å². The molecule has 17 heavy (non-hydrogen) atoms. The third-order valence-corrected chi connectivity index (χ3v) is 2.65. The standard InChI is InChI=1S/C12H16F3N.ClH/c1-8-4-3-5-9(2)11(8)10(16)6-7-12(13,14)15;/h3-5,10H,6-7,16H2,1-2H3;1H/t10-;/m1./s1. The minimum atomic E-state index is -4.13. The lowest BCUT2D eigenvalue weighted by Gasteiger charge is -2.18. The molecule has 98 valence electrons. The summed E-state index contributed by atoms with van der Waals surface area (Å²) < 4.78 is 36.2. The van der Waals surface area contributed by atoms with E-state index in [0.717, 1.165) is 16.7 Å². The summed E-state index contributed by atoms with van der Waals surface area (Å²) in [5.74, 6) is 0. The van der Waals surface area contributed by atoms with Crippen molar-refractivity contribution in [2.75, 3.05) is 0 Å². The van der Waals surface area contributed by atoms with Crippen LogP contribution in [0.5, 0.6) is 0 Å². The van der Waals surface area contributed by atoms with Crippen molar-refractivity contribution in [3.05, 3.63) is 34.9 Å². The van der Waals surface area contributed by atoms with E-state index >= 15 is 0 Å². The van der Waals surface area contributed by atoms with Crippen LogP contribution >= 0.6 is 12.4 Å². The zero-order valence-electron chi connectivity index (χ0n) is 9.84. The summed E-state index contributed by atoms with van der Waals surface area (Å²) in [6.07, 6.45) is -5.02. The molecule has 0 amide bonds. The summed E-state index contributed by atoms with van der Waals surface area (Å²) in [6.45, 7) is 3.74. The van der Waals surface area contributed by atoms with Crippen LogP contribution in [0.2, 0.25) is 0 Å². The summed E-state index contributed by atoms with van der Waals surface area (Å²) >= 11 is 0. The largest absolute Gasteiger partial charge is 0.389 e. The van der Waals surface area contributed by atoms with E-state index in [1.54, 1.807) is 0 Å². The third-order valence-electron chi connectivity index (χ3n) is 2.65. The van der Waals surface area contributed by atoms with Gasteiger partial charge in [-0.3, -0.25) is 0 Å². The van der Waals surface area contributed by atoms with Crippen LogP contribution in [0.1, 0.15) is 35.6 Å². The Hall–Kier alpha value is -0.740. The van der Waals surface area contributed by atoms with E-state index in [0.29, 0.717) is 0 Å². The number of nitrogens with two attached hydrogens (primary N) is 1. The first-order chi connectivity index (χ1) is 7.31. The van der Waals surface area contributed by atoms with E-state index in [1.165, 1.54) is 0 Å². The van der Waals surface area contributed by atoms with Gasteiger partial charge in [-0.2, -0.15) is 13.2 Å². The van der Waals surface area contributed by atoms with E-state index < -0.39 is 18.6 Å². The smallest absolute Gasteiger partial charge is 0.324 e. The predicted octanol–water partition coefficient (Wildman–Crippen LogP) is 4.07. The molecule has 0 aliphatic heterocycles. The second-order valence-electron chi connectivity index (χ2n) is 4.07. The van der Waals surface area contributed by atoms with Gasteiger partial charge in [0.05, 0.1) is 0 Å². The number of hydrogen-bond acceptors (Lipinski definition) is 1. The lowest BCUT2D eigenvalue weighted by atomic mass is 9.94. The Balaban J connectivity index is 0.00000256. The van der Waals surface area contributed by atoms with E-state index in [4.69, 9.17) is 5.73 Å². The lowest BCUT2D eigenvalue weighted by molar-refractivity contribution is -0.136. The van der Waals surface area contributed by atoms with Crippen molar-refractivity contribution in [1.29, 1.82) is 0 Å². The van der Waals surface area contributed by atoms with Crippen molar-refractivity contribution in [1.82, 2.24) is 0 Å². The summed E-state index contributed by atoms with van der Waals surface area (Å²) in [7, 11) is 0. The molecule has 0 saturated heterocycles. The van der Waals surface area contributed by atoms with Crippen molar-refractivity contribution < 1.29 is 13.2 Å². The maximum absolute atomic E-state index is 12.1. The highest BCUT2D eigenvalue weighted by atomic mass is 35.5. The lowest BCUT2D eigenvalue weighted by Crippen LogP contribution is -2.17. The molecule has 5 heteroatoms. The molecule has 0 radical (unpaired) electrons. The molecule has 0 aromatic heterocycles. The van der Waals surface area contributed by atoms with Gasteiger partial charge in [0.15, 0.2) is 0 Å². The predicted molar refractivity (Wildman–Crippen MR) is 65.4 cm³/mol. The number of alkyl halides is 3. The summed E-state index contributed by atoms with van der Waals surface area (Å²) in [6, 6.07) is 5.08. The van der Waals surface area contributed by atoms with Crippen molar-refractivity contribution in [2.45, 2.75) is 38.9 Å². The summed E-state index contributed by atoms with van der Waals surface area (Å²) in [4.78, 5) is 0. The minimum Gasteiger partial charge on any atom is -0.324 e. The van der Waals surface area contributed by atoms with Crippen LogP contribution < -0.4 is 5.73 Å². The SMILES string of the molecule is Cc1cccc(C)c1[C@H](N)CCC(F)(F)F.Cl. The van der Waals surface area contributed by atoms with Gasteiger partial charge in [0.1, 0.15) is 0 Å². The fourth-order valence-corrected chi connectivity index (χ4v) is 1.88. The zero-order chi connectivity index (χ0) is 12.3. The maximum atomic E-state index is 12.1. The van der Waals surface area contributed by atoms with E-state index in [1.807, 2.05) is 32.0 Å². The monoisotopic (exact) mass is 267 g/mol. The fraction of sp³-hybridized carbons (Fsp3) is 0.500. The molecule has 0 aliphatic rings. The van der Waals surface area contributed by atoms with Crippen LogP contribution in [0, 0.1) is 13.8 Å². The second-order valence-corrected chi connectivity index (χ2v) is 4.07. The number of benzene rings is 1. The highest BCUT2D eigenvalue weighted by molar-refractivity contribution is 5.85. The van der Waals surface area contributed by atoms with Crippen molar-refractivity contribution in [2.24, 2.45) is 5.73 Å². The molecule has 2 N–H and O–H groups in total. The highest BCUT2D eigenvalue weighted by Crippen LogP contribution is 2.29. The van der Waals surface area contributed by atoms with Gasteiger partial charge in [-0.25, -0.2) is 0 Å². The molecular formula is C12H17ClF3N. The van der Waals surface area contributed by atoms with E-state index in [-0.39, 0.29) is 18.8 Å². The molecule has 1 aromatic rings. The van der Waals surface area contributed by atoms with Gasteiger partial charge in [0.2, 0.25) is 0 Å². The molecule has 0 fully saturated rings. The highest BCUT2D eigenvalue weighted by Gasteiger charge is 2.28. The van der Waals surface area contributed by atoms with E-state index in [9.17, 15) is 13.2 Å². The Bertz CT molecular complexity index is 343. The average Bonchev–Trinajstić information content (AvgIpc) is 2.13. The van der Waals surface area contributed by atoms with Gasteiger partial charge in [-0.15, -0.1) is 12.4 Å². The average molecular weight is 268 g/mol. The Morgan fingerprint density at radius 3 is 2.06 bits per heavy atom. The first kappa shape index (κ1) is 16.3. The summed E-state index contributed by atoms with van der Waals surface area (Å²) in [5.41, 5.74) is 8.55. The van der Waals surface area contributed by atoms with Crippen molar-refractivity contribution in [3.63, 3.8) is 0 Å². The quantitative estimate of drug-likeness (QED) is 0.878. The van der Waals surface area contributed by atoms with Gasteiger partial charge in [0.25, 0.3) is 0 Å². The minimum absolute atomic E-state index is 0. The van der Waals surface area contributed by atoms with Crippen LogP contribution in [0.4, 0.5) is 13.2 Å². The topological polar surface area (TPSA) is 26.0 Å². The van der Waals surface area contributed by atoms with Gasteiger partial charge in [-0.1, -0.05) is 18.2 Å². The maximum Gasteiger partial charge on any atom is 0.389 e. The fourth-order valence-electron chi connectivity index (χ4n) is 1.88. The molecule has 0 aliphatic carbocycles. The molecule has 0 heterocycles. The van der Waals surface area contributed by atoms with Gasteiger partial charge in [-0.05, 0) is 37.0 Å². The van der Waals surface area contributed by atoms with Crippen LogP contribution in [0.3, 0.4) is 0 Å². The second kappa shape index (κ2) is 6.26. The molecule has 1 aromatic carbocycles. The molecule has 0 bridgehead atoms. The number of aryl methyl sites for hydroxylation is 2. The van der Waals surface area contributed by atoms with Crippen LogP contribution in [-0.2, 0) is 0 Å². The molecule has 1 atom stereocenters. The van der Waals surface area contributed by atoms with Crippen LogP contribution in [0.15, 0.2) is 18.2 Å². The first-order valence-electron chi connectivity index (χ1n) is 5.19. The first-order valence-corrected chi connectivity index (χ1v) is 5.19. The Morgan fingerprint density at radius 1 is 1.18 bits per heavy atom. The Labute approximate surface area is 106 Å². The van der Waals surface area contributed by atoms with Gasteiger partial charge in [0, 0.05) is 12.5 Å². The van der Waals surface area contributed by atoms with Crippen LogP contribution in [0.25, 0.3) is 0 Å². The van der Waals surface area contributed by atoms with Crippen LogP contribution in [-0.4, -0.2) is 6.18 Å². The van der Waals surface area contributed by atoms with Crippen molar-refractivity contribution in [3.8, 4) is 0 Å². The number of halogens is 4. The molecule has 0 saturated carbocycles. The molecular weight excluding hydrogens is 251 g/mol. The zero-order valence-corrected chi connectivity index (χ0v) is 10.7. The van der Waals surface area contributed by atoms with Gasteiger partial charge >= 0.3 is 6.18 Å². The molecule has 1 rings (SSSR count). The van der Waals surface area contributed by atoms with Gasteiger partial charge < -0.3 is 5.73 Å². The number of hydrogen-bond donors (Lipinski definition) is 1. The number of rotatable bonds is 3. The summed E-state index contributed by atoms with van der Waals surface area (Å²) in [5, 5.41) is 0. The Morgan fingerprint density at radius 2 is 1.65 bits per heavy atom. The molecule has 0 spiro atoms. The third kappa shape index (κ3) is 4.96. The molecule has 1 nitrogen and oxygen atoms in total. The van der Waals surface area contributed by atoms with E-state index in [2.05, 4.69) is 0 Å².